The van der Waals surface area contributed by atoms with Crippen LogP contribution in [0, 0.1) is 0 Å². The molecule has 8 nitrogen and oxygen atoms in total. The molecule has 0 bridgehead atoms. The van der Waals surface area contributed by atoms with Gasteiger partial charge in [0, 0.05) is 27.3 Å². The molecule has 8 heteroatoms. The van der Waals surface area contributed by atoms with Crippen LogP contribution in [-0.2, 0) is 14.3 Å². The largest absolute Gasteiger partial charge is 0.481 e. The van der Waals surface area contributed by atoms with E-state index < -0.39 is 12.2 Å². The number of para-hydroxylation sites is 1. The van der Waals surface area contributed by atoms with Gasteiger partial charge in [0.15, 0.2) is 12.0 Å². The maximum absolute atomic E-state index is 12.1. The van der Waals surface area contributed by atoms with E-state index in [1.165, 1.54) is 30.7 Å². The zero-order valence-electron chi connectivity index (χ0n) is 13.4. The molecule has 0 fully saturated rings. The lowest BCUT2D eigenvalue weighted by atomic mass is 10.2. The maximum atomic E-state index is 12.1. The molecule has 1 heterocycles. The van der Waals surface area contributed by atoms with Crippen LogP contribution in [0.4, 0.5) is 0 Å². The van der Waals surface area contributed by atoms with Crippen molar-refractivity contribution in [2.24, 2.45) is 4.99 Å². The van der Waals surface area contributed by atoms with Crippen LogP contribution >= 0.6 is 0 Å². The van der Waals surface area contributed by atoms with Gasteiger partial charge in [-0.1, -0.05) is 12.1 Å². The lowest BCUT2D eigenvalue weighted by Gasteiger charge is -2.28. The molecule has 0 saturated heterocycles. The van der Waals surface area contributed by atoms with Crippen LogP contribution in [0.5, 0.6) is 5.75 Å². The fourth-order valence-electron chi connectivity index (χ4n) is 1.83. The quantitative estimate of drug-likeness (QED) is 0.734. The number of hydroxylamine groups is 4. The van der Waals surface area contributed by atoms with E-state index in [0.29, 0.717) is 11.6 Å². The summed E-state index contributed by atoms with van der Waals surface area (Å²) < 4.78 is 10.4. The molecule has 1 atom stereocenters. The number of carbonyl (C=O) groups excluding carboxylic acids is 1. The van der Waals surface area contributed by atoms with Crippen LogP contribution in [-0.4, -0.2) is 57.0 Å². The molecule has 0 radical (unpaired) electrons. The highest BCUT2D eigenvalue weighted by atomic mass is 16.7. The van der Waals surface area contributed by atoms with Crippen LogP contribution < -0.4 is 4.84 Å². The molecule has 1 aliphatic heterocycles. The van der Waals surface area contributed by atoms with Gasteiger partial charge in [-0.15, -0.1) is 5.06 Å². The summed E-state index contributed by atoms with van der Waals surface area (Å²) in [7, 11) is 6.28. The SMILES string of the molecule is COC1=CC(OC)N(Oc2ccccc2C(=O)ON(C)C)C=N1. The van der Waals surface area contributed by atoms with Crippen molar-refractivity contribution in [2.75, 3.05) is 28.3 Å². The Bertz CT molecular complexity index is 615. The molecule has 2 rings (SSSR count). The Morgan fingerprint density at radius 3 is 2.65 bits per heavy atom. The number of hydrogen-bond donors (Lipinski definition) is 0. The van der Waals surface area contributed by atoms with Gasteiger partial charge in [-0.25, -0.2) is 9.79 Å². The van der Waals surface area contributed by atoms with Gasteiger partial charge < -0.3 is 19.1 Å². The second kappa shape index (κ2) is 7.61. The number of rotatable bonds is 6. The molecule has 0 N–H and O–H groups in total. The average Bonchev–Trinajstić information content (AvgIpc) is 2.55. The van der Waals surface area contributed by atoms with Crippen LogP contribution in [0.15, 0.2) is 41.2 Å². The zero-order valence-corrected chi connectivity index (χ0v) is 13.4. The molecule has 1 aliphatic rings. The van der Waals surface area contributed by atoms with Gasteiger partial charge in [0.05, 0.1) is 7.11 Å². The van der Waals surface area contributed by atoms with Crippen LogP contribution in [0.2, 0.25) is 0 Å². The minimum Gasteiger partial charge on any atom is -0.481 e. The van der Waals surface area contributed by atoms with Crippen molar-refractivity contribution in [3.8, 4) is 5.75 Å². The van der Waals surface area contributed by atoms with Gasteiger partial charge in [0.25, 0.3) is 0 Å². The number of carbonyl (C=O) groups is 1. The van der Waals surface area contributed by atoms with Gasteiger partial charge in [-0.2, -0.15) is 5.06 Å². The first kappa shape index (κ1) is 16.8. The number of hydrogen-bond acceptors (Lipinski definition) is 8. The second-order valence-corrected chi connectivity index (χ2v) is 4.72. The monoisotopic (exact) mass is 321 g/mol. The molecule has 0 aromatic heterocycles. The number of nitrogens with zero attached hydrogens (tertiary/aromatic N) is 3. The van der Waals surface area contributed by atoms with E-state index in [1.54, 1.807) is 44.4 Å². The number of methoxy groups -OCH3 is 2. The van der Waals surface area contributed by atoms with Gasteiger partial charge in [-0.3, -0.25) is 0 Å². The molecule has 0 amide bonds. The Hall–Kier alpha value is -2.58. The molecule has 1 unspecified atom stereocenters. The van der Waals surface area contributed by atoms with Crippen molar-refractivity contribution in [2.45, 2.75) is 6.23 Å². The molecule has 124 valence electrons. The topological polar surface area (TPSA) is 72.8 Å². The lowest BCUT2D eigenvalue weighted by Crippen LogP contribution is -2.39. The second-order valence-electron chi connectivity index (χ2n) is 4.72. The summed E-state index contributed by atoms with van der Waals surface area (Å²) in [6.07, 6.45) is 2.52. The summed E-state index contributed by atoms with van der Waals surface area (Å²) in [5.74, 6) is 0.209. The maximum Gasteiger partial charge on any atom is 0.360 e. The van der Waals surface area contributed by atoms with E-state index in [0.717, 1.165) is 0 Å². The minimum absolute atomic E-state index is 0.283. The average molecular weight is 321 g/mol. The first-order valence-corrected chi connectivity index (χ1v) is 6.83. The summed E-state index contributed by atoms with van der Waals surface area (Å²) in [5, 5.41) is 2.68. The van der Waals surface area contributed by atoms with Crippen LogP contribution in [0.1, 0.15) is 10.4 Å². The Labute approximate surface area is 134 Å². The fraction of sp³-hybridized carbons (Fsp3) is 0.333. The Morgan fingerprint density at radius 1 is 1.26 bits per heavy atom. The predicted molar refractivity (Wildman–Crippen MR) is 82.4 cm³/mol. The Balaban J connectivity index is 2.19. The number of aliphatic imine (C=N–C) groups is 1. The highest BCUT2D eigenvalue weighted by Crippen LogP contribution is 2.22. The number of ether oxygens (including phenoxy) is 2. The molecule has 1 aromatic carbocycles. The smallest absolute Gasteiger partial charge is 0.360 e. The van der Waals surface area contributed by atoms with E-state index in [4.69, 9.17) is 19.1 Å². The highest BCUT2D eigenvalue weighted by molar-refractivity contribution is 5.92. The van der Waals surface area contributed by atoms with Crippen LogP contribution in [0.25, 0.3) is 0 Å². The molecule has 0 aliphatic carbocycles. The van der Waals surface area contributed by atoms with Crippen LogP contribution in [0.3, 0.4) is 0 Å². The van der Waals surface area contributed by atoms with Crippen molar-refractivity contribution in [1.82, 2.24) is 10.1 Å². The van der Waals surface area contributed by atoms with E-state index in [-0.39, 0.29) is 5.56 Å². The van der Waals surface area contributed by atoms with Crippen molar-refractivity contribution in [3.63, 3.8) is 0 Å². The van der Waals surface area contributed by atoms with Crippen molar-refractivity contribution >= 4 is 12.3 Å². The highest BCUT2D eigenvalue weighted by Gasteiger charge is 2.23. The third-order valence-electron chi connectivity index (χ3n) is 2.86. The molecular weight excluding hydrogens is 302 g/mol. The van der Waals surface area contributed by atoms with Gasteiger partial charge in [-0.05, 0) is 12.1 Å². The van der Waals surface area contributed by atoms with Crippen molar-refractivity contribution in [1.29, 1.82) is 0 Å². The van der Waals surface area contributed by atoms with Gasteiger partial charge >= 0.3 is 5.97 Å². The summed E-state index contributed by atoms with van der Waals surface area (Å²) in [6.45, 7) is 0. The molecule has 23 heavy (non-hydrogen) atoms. The van der Waals surface area contributed by atoms with E-state index in [1.807, 2.05) is 0 Å². The zero-order chi connectivity index (χ0) is 16.8. The lowest BCUT2D eigenvalue weighted by molar-refractivity contribution is -0.107. The third kappa shape index (κ3) is 4.21. The Morgan fingerprint density at radius 2 is 2.00 bits per heavy atom. The van der Waals surface area contributed by atoms with E-state index in [2.05, 4.69) is 4.99 Å². The Kier molecular flexibility index (Phi) is 5.56. The summed E-state index contributed by atoms with van der Waals surface area (Å²) >= 11 is 0. The van der Waals surface area contributed by atoms with E-state index in [9.17, 15) is 4.79 Å². The third-order valence-corrected chi connectivity index (χ3v) is 2.86. The molecular formula is C15H19N3O5. The van der Waals surface area contributed by atoms with Crippen molar-refractivity contribution in [3.05, 3.63) is 41.8 Å². The first-order chi connectivity index (χ1) is 11.0. The number of benzene rings is 1. The van der Waals surface area contributed by atoms with Crippen molar-refractivity contribution < 1.29 is 23.9 Å². The summed E-state index contributed by atoms with van der Waals surface area (Å²) in [6, 6.07) is 6.74. The van der Waals surface area contributed by atoms with E-state index >= 15 is 0 Å². The predicted octanol–water partition coefficient (Wildman–Crippen LogP) is 1.42. The van der Waals surface area contributed by atoms with Gasteiger partial charge in [0.2, 0.25) is 5.88 Å². The molecule has 1 aromatic rings. The normalized spacial score (nSPS) is 17.0. The fourth-order valence-corrected chi connectivity index (χ4v) is 1.83. The van der Waals surface area contributed by atoms with Gasteiger partial charge in [0.1, 0.15) is 11.9 Å². The standard InChI is InChI=1S/C15H19N3O5/c1-17(2)23-15(19)11-7-5-6-8-12(11)22-18-10-16-13(20-3)9-14(18)21-4/h5-10,14H,1-4H3. The first-order valence-electron chi connectivity index (χ1n) is 6.83. The summed E-state index contributed by atoms with van der Waals surface area (Å²) in [4.78, 5) is 26.9. The molecule has 0 spiro atoms. The minimum atomic E-state index is -0.541. The summed E-state index contributed by atoms with van der Waals surface area (Å²) in [5.41, 5.74) is 0.283. The molecule has 0 saturated carbocycles.